The summed E-state index contributed by atoms with van der Waals surface area (Å²) in [6.45, 7) is 3.47. The van der Waals surface area contributed by atoms with E-state index >= 15 is 0 Å². The zero-order chi connectivity index (χ0) is 21.3. The first-order valence-corrected chi connectivity index (χ1v) is 11.7. The number of imidazole rings is 1. The number of para-hydroxylation sites is 2. The molecule has 2 aromatic carbocycles. The van der Waals surface area contributed by atoms with Crippen LogP contribution in [0.2, 0.25) is 5.02 Å². The van der Waals surface area contributed by atoms with Gasteiger partial charge < -0.3 is 9.47 Å². The molecule has 1 aliphatic rings. The second-order valence-corrected chi connectivity index (χ2v) is 9.57. The fourth-order valence-corrected chi connectivity index (χ4v) is 5.29. The van der Waals surface area contributed by atoms with Crippen molar-refractivity contribution in [3.8, 4) is 0 Å². The third kappa shape index (κ3) is 3.95. The number of piperazine rings is 1. The highest BCUT2D eigenvalue weighted by atomic mass is 35.5. The largest absolute Gasteiger partial charge is 0.339 e. The van der Waals surface area contributed by atoms with Gasteiger partial charge in [-0.25, -0.2) is 13.4 Å². The number of halogens is 1. The molecule has 1 fully saturated rings. The molecule has 1 aliphatic heterocycles. The number of carbonyl (C=O) groups excluding carboxylic acids is 1. The fraction of sp³-hybridized carbons (Fsp3) is 0.333. The maximum atomic E-state index is 12.9. The maximum Gasteiger partial charge on any atom is 0.243 e. The van der Waals surface area contributed by atoms with E-state index in [2.05, 4.69) is 4.98 Å². The highest BCUT2D eigenvalue weighted by Crippen LogP contribution is 2.21. The van der Waals surface area contributed by atoms with Crippen LogP contribution in [0.5, 0.6) is 0 Å². The van der Waals surface area contributed by atoms with Crippen molar-refractivity contribution in [1.29, 1.82) is 0 Å². The molecule has 1 amide bonds. The Morgan fingerprint density at radius 2 is 1.70 bits per heavy atom. The van der Waals surface area contributed by atoms with Crippen LogP contribution in [-0.2, 0) is 27.8 Å². The van der Waals surface area contributed by atoms with Crippen molar-refractivity contribution >= 4 is 38.6 Å². The van der Waals surface area contributed by atoms with Crippen LogP contribution in [0.25, 0.3) is 11.0 Å². The van der Waals surface area contributed by atoms with Gasteiger partial charge in [0.15, 0.2) is 0 Å². The van der Waals surface area contributed by atoms with Gasteiger partial charge in [-0.2, -0.15) is 4.31 Å². The second-order valence-electron chi connectivity index (χ2n) is 7.20. The third-order valence-corrected chi connectivity index (χ3v) is 7.55. The Balaban J connectivity index is 1.45. The lowest BCUT2D eigenvalue weighted by molar-refractivity contribution is -0.133. The van der Waals surface area contributed by atoms with E-state index in [0.29, 0.717) is 18.1 Å². The molecule has 9 heteroatoms. The Hall–Kier alpha value is -2.42. The van der Waals surface area contributed by atoms with Crippen LogP contribution in [0.15, 0.2) is 53.4 Å². The number of amides is 1. The van der Waals surface area contributed by atoms with Crippen LogP contribution in [0.3, 0.4) is 0 Å². The van der Waals surface area contributed by atoms with E-state index in [1.54, 1.807) is 17.0 Å². The predicted molar refractivity (Wildman–Crippen MR) is 116 cm³/mol. The molecule has 4 rings (SSSR count). The lowest BCUT2D eigenvalue weighted by Gasteiger charge is -2.34. The van der Waals surface area contributed by atoms with Crippen LogP contribution in [0, 0.1) is 0 Å². The van der Waals surface area contributed by atoms with Gasteiger partial charge in [0.05, 0.1) is 15.9 Å². The second kappa shape index (κ2) is 8.37. The number of fused-ring (bicyclic) bond motifs is 1. The molecule has 30 heavy (non-hydrogen) atoms. The number of benzene rings is 2. The van der Waals surface area contributed by atoms with E-state index < -0.39 is 10.0 Å². The SMILES string of the molecule is CCc1nc2ccccc2n1CC(=O)N1CCN(S(=O)(=O)c2ccc(Cl)cc2)CC1. The quantitative estimate of drug-likeness (QED) is 0.604. The highest BCUT2D eigenvalue weighted by molar-refractivity contribution is 7.89. The molecule has 158 valence electrons. The molecule has 0 unspecified atom stereocenters. The molecule has 1 aromatic heterocycles. The lowest BCUT2D eigenvalue weighted by atomic mass is 10.3. The zero-order valence-electron chi connectivity index (χ0n) is 16.7. The van der Waals surface area contributed by atoms with Gasteiger partial charge >= 0.3 is 0 Å². The number of aryl methyl sites for hydroxylation is 1. The van der Waals surface area contributed by atoms with Gasteiger partial charge in [-0.3, -0.25) is 4.79 Å². The molecule has 7 nitrogen and oxygen atoms in total. The van der Waals surface area contributed by atoms with Gasteiger partial charge in [0.2, 0.25) is 15.9 Å². The number of nitrogens with zero attached hydrogens (tertiary/aromatic N) is 4. The van der Waals surface area contributed by atoms with E-state index in [-0.39, 0.29) is 30.4 Å². The molecule has 0 spiro atoms. The Kier molecular flexibility index (Phi) is 5.81. The van der Waals surface area contributed by atoms with Gasteiger partial charge in [0.1, 0.15) is 12.4 Å². The lowest BCUT2D eigenvalue weighted by Crippen LogP contribution is -2.51. The minimum absolute atomic E-state index is 0.0311. The Bertz CT molecular complexity index is 1170. The van der Waals surface area contributed by atoms with E-state index in [9.17, 15) is 13.2 Å². The number of hydrogen-bond acceptors (Lipinski definition) is 4. The van der Waals surface area contributed by atoms with Crippen molar-refractivity contribution in [3.63, 3.8) is 0 Å². The third-order valence-electron chi connectivity index (χ3n) is 5.39. The fourth-order valence-electron chi connectivity index (χ4n) is 3.74. The molecule has 0 aliphatic carbocycles. The Morgan fingerprint density at radius 1 is 1.03 bits per heavy atom. The molecule has 3 aromatic rings. The minimum atomic E-state index is -3.60. The Morgan fingerprint density at radius 3 is 2.37 bits per heavy atom. The van der Waals surface area contributed by atoms with Crippen molar-refractivity contribution in [2.24, 2.45) is 0 Å². The molecular formula is C21H23ClN4O3S. The normalized spacial score (nSPS) is 15.6. The number of carbonyl (C=O) groups is 1. The summed E-state index contributed by atoms with van der Waals surface area (Å²) in [5.74, 6) is 0.838. The minimum Gasteiger partial charge on any atom is -0.339 e. The highest BCUT2D eigenvalue weighted by Gasteiger charge is 2.30. The molecule has 0 atom stereocenters. The first-order valence-electron chi connectivity index (χ1n) is 9.88. The molecular weight excluding hydrogens is 424 g/mol. The van der Waals surface area contributed by atoms with Crippen LogP contribution >= 0.6 is 11.6 Å². The molecule has 0 N–H and O–H groups in total. The van der Waals surface area contributed by atoms with Crippen molar-refractivity contribution in [2.45, 2.75) is 24.8 Å². The molecule has 0 saturated carbocycles. The topological polar surface area (TPSA) is 75.5 Å². The average Bonchev–Trinajstić information content (AvgIpc) is 3.11. The summed E-state index contributed by atoms with van der Waals surface area (Å²) in [6, 6.07) is 13.9. The summed E-state index contributed by atoms with van der Waals surface area (Å²) in [5, 5.41) is 0.489. The maximum absolute atomic E-state index is 12.9. The monoisotopic (exact) mass is 446 g/mol. The van der Waals surface area contributed by atoms with Gasteiger partial charge in [-0.05, 0) is 36.4 Å². The molecule has 2 heterocycles. The van der Waals surface area contributed by atoms with E-state index in [1.165, 1.54) is 16.4 Å². The van der Waals surface area contributed by atoms with Crippen molar-refractivity contribution in [3.05, 3.63) is 59.4 Å². The van der Waals surface area contributed by atoms with Gasteiger partial charge in [0, 0.05) is 37.6 Å². The smallest absolute Gasteiger partial charge is 0.243 e. The Labute approximate surface area is 180 Å². The van der Waals surface area contributed by atoms with E-state index in [1.807, 2.05) is 35.8 Å². The van der Waals surface area contributed by atoms with Crippen LogP contribution in [-0.4, -0.2) is 59.3 Å². The predicted octanol–water partition coefficient (Wildman–Crippen LogP) is 2.79. The van der Waals surface area contributed by atoms with Gasteiger partial charge in [-0.1, -0.05) is 30.7 Å². The van der Waals surface area contributed by atoms with Gasteiger partial charge in [0.25, 0.3) is 0 Å². The number of aromatic nitrogens is 2. The van der Waals surface area contributed by atoms with Crippen molar-refractivity contribution in [2.75, 3.05) is 26.2 Å². The standard InChI is InChI=1S/C21H23ClN4O3S/c1-2-20-23-18-5-3-4-6-19(18)26(20)15-21(27)24-11-13-25(14-12-24)30(28,29)17-9-7-16(22)8-10-17/h3-10H,2,11-15H2,1H3. The van der Waals surface area contributed by atoms with Crippen molar-refractivity contribution < 1.29 is 13.2 Å². The first kappa shape index (κ1) is 20.8. The average molecular weight is 447 g/mol. The summed E-state index contributed by atoms with van der Waals surface area (Å²) >= 11 is 5.86. The number of rotatable bonds is 5. The van der Waals surface area contributed by atoms with Gasteiger partial charge in [-0.15, -0.1) is 0 Å². The van der Waals surface area contributed by atoms with Crippen LogP contribution in [0.1, 0.15) is 12.7 Å². The number of hydrogen-bond donors (Lipinski definition) is 0. The molecule has 1 saturated heterocycles. The van der Waals surface area contributed by atoms with Crippen LogP contribution < -0.4 is 0 Å². The molecule has 0 radical (unpaired) electrons. The zero-order valence-corrected chi connectivity index (χ0v) is 18.2. The van der Waals surface area contributed by atoms with Crippen molar-refractivity contribution in [1.82, 2.24) is 18.8 Å². The van der Waals surface area contributed by atoms with Crippen LogP contribution in [0.4, 0.5) is 0 Å². The summed E-state index contributed by atoms with van der Waals surface area (Å²) in [7, 11) is -3.60. The summed E-state index contributed by atoms with van der Waals surface area (Å²) < 4.78 is 29.0. The summed E-state index contributed by atoms with van der Waals surface area (Å²) in [6.07, 6.45) is 0.731. The summed E-state index contributed by atoms with van der Waals surface area (Å²) in [4.78, 5) is 19.5. The molecule has 0 bridgehead atoms. The van der Waals surface area contributed by atoms with E-state index in [4.69, 9.17) is 11.6 Å². The first-order chi connectivity index (χ1) is 14.4. The summed E-state index contributed by atoms with van der Waals surface area (Å²) in [5.41, 5.74) is 1.81. The van der Waals surface area contributed by atoms with E-state index in [0.717, 1.165) is 23.3 Å². The number of sulfonamides is 1.